The Morgan fingerprint density at radius 1 is 1.12 bits per heavy atom. The zero-order chi connectivity index (χ0) is 17.6. The summed E-state index contributed by atoms with van der Waals surface area (Å²) >= 11 is 2.14. The molecule has 5 nitrogen and oxygen atoms in total. The summed E-state index contributed by atoms with van der Waals surface area (Å²) in [6, 6.07) is 19.0. The van der Waals surface area contributed by atoms with Gasteiger partial charge in [-0.15, -0.1) is 0 Å². The SMILES string of the molecule is O=C(CNc1cccc2ccccc12)N/N=C\c1cc(I)ccc1O. The number of hydrogen-bond donors (Lipinski definition) is 3. The molecule has 0 spiro atoms. The van der Waals surface area contributed by atoms with Crippen LogP contribution in [0.1, 0.15) is 5.56 Å². The van der Waals surface area contributed by atoms with Crippen LogP contribution in [0.3, 0.4) is 0 Å². The van der Waals surface area contributed by atoms with Gasteiger partial charge in [0.1, 0.15) is 5.75 Å². The number of benzene rings is 3. The topological polar surface area (TPSA) is 73.7 Å². The van der Waals surface area contributed by atoms with Gasteiger partial charge in [-0.3, -0.25) is 4.79 Å². The number of anilines is 1. The van der Waals surface area contributed by atoms with E-state index >= 15 is 0 Å². The van der Waals surface area contributed by atoms with E-state index in [-0.39, 0.29) is 18.2 Å². The Hall–Kier alpha value is -2.61. The number of aromatic hydroxyl groups is 1. The zero-order valence-electron chi connectivity index (χ0n) is 13.2. The molecule has 0 saturated carbocycles. The summed E-state index contributed by atoms with van der Waals surface area (Å²) in [7, 11) is 0. The molecular weight excluding hydrogens is 429 g/mol. The summed E-state index contributed by atoms with van der Waals surface area (Å²) < 4.78 is 0.973. The predicted molar refractivity (Wildman–Crippen MR) is 109 cm³/mol. The molecule has 0 aromatic heterocycles. The first-order valence-corrected chi connectivity index (χ1v) is 8.73. The molecule has 3 rings (SSSR count). The molecule has 0 bridgehead atoms. The fourth-order valence-electron chi connectivity index (χ4n) is 2.40. The van der Waals surface area contributed by atoms with Crippen LogP contribution in [0.5, 0.6) is 5.75 Å². The van der Waals surface area contributed by atoms with Gasteiger partial charge in [0.15, 0.2) is 0 Å². The first kappa shape index (κ1) is 17.2. The van der Waals surface area contributed by atoms with Crippen molar-refractivity contribution >= 4 is 51.2 Å². The fraction of sp³-hybridized carbons (Fsp3) is 0.0526. The third-order valence-electron chi connectivity index (χ3n) is 3.61. The number of hydrazone groups is 1. The van der Waals surface area contributed by atoms with Gasteiger partial charge in [0, 0.05) is 20.2 Å². The van der Waals surface area contributed by atoms with E-state index in [4.69, 9.17) is 0 Å². The molecule has 3 aromatic carbocycles. The van der Waals surface area contributed by atoms with Crippen LogP contribution in [0.15, 0.2) is 65.8 Å². The molecular formula is C19H16IN3O2. The lowest BCUT2D eigenvalue weighted by molar-refractivity contribution is -0.119. The molecule has 3 N–H and O–H groups in total. The van der Waals surface area contributed by atoms with Crippen LogP contribution >= 0.6 is 22.6 Å². The maximum Gasteiger partial charge on any atom is 0.259 e. The summed E-state index contributed by atoms with van der Waals surface area (Å²) in [6.07, 6.45) is 1.42. The maximum atomic E-state index is 11.9. The number of nitrogens with zero attached hydrogens (tertiary/aromatic N) is 1. The molecule has 0 fully saturated rings. The maximum absolute atomic E-state index is 11.9. The van der Waals surface area contributed by atoms with Crippen molar-refractivity contribution in [2.75, 3.05) is 11.9 Å². The Kier molecular flexibility index (Phi) is 5.49. The summed E-state index contributed by atoms with van der Waals surface area (Å²) in [5, 5.41) is 18.9. The highest BCUT2D eigenvalue weighted by molar-refractivity contribution is 14.1. The lowest BCUT2D eigenvalue weighted by Crippen LogP contribution is -2.25. The van der Waals surface area contributed by atoms with E-state index < -0.39 is 0 Å². The number of carbonyl (C=O) groups is 1. The van der Waals surface area contributed by atoms with Crippen LogP contribution < -0.4 is 10.7 Å². The van der Waals surface area contributed by atoms with Gasteiger partial charge >= 0.3 is 0 Å². The number of rotatable bonds is 5. The molecule has 0 unspecified atom stereocenters. The summed E-state index contributed by atoms with van der Waals surface area (Å²) in [4.78, 5) is 11.9. The van der Waals surface area contributed by atoms with Gasteiger partial charge in [0.2, 0.25) is 0 Å². The minimum atomic E-state index is -0.269. The van der Waals surface area contributed by atoms with E-state index in [1.54, 1.807) is 18.2 Å². The number of hydrogen-bond acceptors (Lipinski definition) is 4. The lowest BCUT2D eigenvalue weighted by Gasteiger charge is -2.08. The van der Waals surface area contributed by atoms with Crippen LogP contribution in [0.2, 0.25) is 0 Å². The van der Waals surface area contributed by atoms with E-state index in [2.05, 4.69) is 38.4 Å². The van der Waals surface area contributed by atoms with E-state index in [0.29, 0.717) is 5.56 Å². The number of amides is 1. The fourth-order valence-corrected chi connectivity index (χ4v) is 2.91. The Balaban J connectivity index is 1.59. The van der Waals surface area contributed by atoms with Crippen LogP contribution in [-0.2, 0) is 4.79 Å². The van der Waals surface area contributed by atoms with Gasteiger partial charge in [-0.05, 0) is 52.2 Å². The second-order valence-electron chi connectivity index (χ2n) is 5.38. The molecule has 25 heavy (non-hydrogen) atoms. The van der Waals surface area contributed by atoms with Crippen molar-refractivity contribution in [3.05, 3.63) is 69.8 Å². The molecule has 6 heteroatoms. The first-order valence-electron chi connectivity index (χ1n) is 7.65. The average Bonchev–Trinajstić information content (AvgIpc) is 2.63. The van der Waals surface area contributed by atoms with Gasteiger partial charge in [-0.25, -0.2) is 5.43 Å². The highest BCUT2D eigenvalue weighted by Gasteiger charge is 2.03. The average molecular weight is 445 g/mol. The van der Waals surface area contributed by atoms with Gasteiger partial charge in [-0.1, -0.05) is 36.4 Å². The third kappa shape index (κ3) is 4.48. The Morgan fingerprint density at radius 3 is 2.80 bits per heavy atom. The van der Waals surface area contributed by atoms with Crippen molar-refractivity contribution in [2.45, 2.75) is 0 Å². The number of phenols is 1. The zero-order valence-corrected chi connectivity index (χ0v) is 15.4. The van der Waals surface area contributed by atoms with Crippen molar-refractivity contribution in [3.8, 4) is 5.75 Å². The second kappa shape index (κ2) is 7.98. The molecule has 3 aromatic rings. The number of carbonyl (C=O) groups excluding carboxylic acids is 1. The first-order chi connectivity index (χ1) is 12.1. The Bertz CT molecular complexity index is 936. The van der Waals surface area contributed by atoms with Crippen molar-refractivity contribution < 1.29 is 9.90 Å². The molecule has 0 aliphatic heterocycles. The van der Waals surface area contributed by atoms with Crippen LogP contribution in [0.25, 0.3) is 10.8 Å². The predicted octanol–water partition coefficient (Wildman–Crippen LogP) is 3.71. The third-order valence-corrected chi connectivity index (χ3v) is 4.28. The molecule has 126 valence electrons. The normalized spacial score (nSPS) is 10.9. The molecule has 0 atom stereocenters. The van der Waals surface area contributed by atoms with Gasteiger partial charge < -0.3 is 10.4 Å². The highest BCUT2D eigenvalue weighted by Crippen LogP contribution is 2.22. The van der Waals surface area contributed by atoms with Crippen molar-refractivity contribution in [2.24, 2.45) is 5.10 Å². The van der Waals surface area contributed by atoms with Crippen LogP contribution in [0.4, 0.5) is 5.69 Å². The van der Waals surface area contributed by atoms with Gasteiger partial charge in [0.25, 0.3) is 5.91 Å². The van der Waals surface area contributed by atoms with Crippen LogP contribution in [0, 0.1) is 3.57 Å². The van der Waals surface area contributed by atoms with E-state index in [9.17, 15) is 9.90 Å². The smallest absolute Gasteiger partial charge is 0.259 e. The largest absolute Gasteiger partial charge is 0.507 e. The van der Waals surface area contributed by atoms with Gasteiger partial charge in [-0.2, -0.15) is 5.10 Å². The van der Waals surface area contributed by atoms with Crippen molar-refractivity contribution in [1.29, 1.82) is 0 Å². The van der Waals surface area contributed by atoms with E-state index in [1.807, 2.05) is 42.5 Å². The number of nitrogens with one attached hydrogen (secondary N) is 2. The number of halogens is 1. The number of fused-ring (bicyclic) bond motifs is 1. The van der Waals surface area contributed by atoms with Crippen molar-refractivity contribution in [3.63, 3.8) is 0 Å². The summed E-state index contributed by atoms with van der Waals surface area (Å²) in [5.41, 5.74) is 3.90. The Labute approximate surface area is 158 Å². The minimum Gasteiger partial charge on any atom is -0.507 e. The standard InChI is InChI=1S/C19H16IN3O2/c20-15-8-9-18(24)14(10-15)11-22-23-19(25)12-21-17-7-3-5-13-4-1-2-6-16(13)17/h1-11,21,24H,12H2,(H,23,25)/b22-11-. The molecule has 0 radical (unpaired) electrons. The monoisotopic (exact) mass is 445 g/mol. The number of phenolic OH excluding ortho intramolecular Hbond substituents is 1. The summed E-state index contributed by atoms with van der Waals surface area (Å²) in [5.74, 6) is -0.151. The highest BCUT2D eigenvalue weighted by atomic mass is 127. The van der Waals surface area contributed by atoms with E-state index in [1.165, 1.54) is 6.21 Å². The quantitative estimate of drug-likeness (QED) is 0.319. The lowest BCUT2D eigenvalue weighted by atomic mass is 10.1. The van der Waals surface area contributed by atoms with Crippen molar-refractivity contribution in [1.82, 2.24) is 5.43 Å². The van der Waals surface area contributed by atoms with Crippen LogP contribution in [-0.4, -0.2) is 23.8 Å². The molecule has 0 aliphatic carbocycles. The van der Waals surface area contributed by atoms with Gasteiger partial charge in [0.05, 0.1) is 12.8 Å². The molecule has 0 saturated heterocycles. The minimum absolute atomic E-state index is 0.101. The Morgan fingerprint density at radius 2 is 1.92 bits per heavy atom. The second-order valence-corrected chi connectivity index (χ2v) is 6.62. The molecule has 0 aliphatic rings. The molecule has 1 amide bonds. The summed E-state index contributed by atoms with van der Waals surface area (Å²) in [6.45, 7) is 0.101. The van der Waals surface area contributed by atoms with E-state index in [0.717, 1.165) is 20.0 Å². The molecule has 0 heterocycles.